The van der Waals surface area contributed by atoms with E-state index >= 15 is 0 Å². The molecule has 0 heterocycles. The van der Waals surface area contributed by atoms with E-state index in [-0.39, 0.29) is 29.9 Å². The molecule has 1 aromatic carbocycles. The number of rotatable bonds is 6. The Morgan fingerprint density at radius 2 is 2.21 bits per heavy atom. The Hall–Kier alpha value is -1.70. The molecule has 0 N–H and O–H groups in total. The lowest BCUT2D eigenvalue weighted by Gasteiger charge is -2.08. The van der Waals surface area contributed by atoms with Crippen LogP contribution in [0.4, 0.5) is 10.1 Å². The summed E-state index contributed by atoms with van der Waals surface area (Å²) in [4.78, 5) is 21.1. The lowest BCUT2D eigenvalue weighted by Crippen LogP contribution is -2.10. The summed E-state index contributed by atoms with van der Waals surface area (Å²) >= 11 is 2.98. The third-order valence-electron chi connectivity index (χ3n) is 2.04. The van der Waals surface area contributed by atoms with Crippen LogP contribution in [0.2, 0.25) is 0 Å². The molecule has 0 fully saturated rings. The largest absolute Gasteiger partial charge is 0.485 e. The predicted molar refractivity (Wildman–Crippen MR) is 67.5 cm³/mol. The quantitative estimate of drug-likeness (QED) is 0.453. The molecule has 0 spiro atoms. The highest BCUT2D eigenvalue weighted by Gasteiger charge is 2.20. The van der Waals surface area contributed by atoms with Crippen molar-refractivity contribution in [3.8, 4) is 5.75 Å². The number of hydrogen-bond donors (Lipinski definition) is 0. The van der Waals surface area contributed by atoms with Crippen LogP contribution in [0.15, 0.2) is 16.6 Å². The number of halogens is 2. The van der Waals surface area contributed by atoms with Crippen LogP contribution in [0.25, 0.3) is 0 Å². The Balaban J connectivity index is 2.77. The fraction of sp³-hybridized carbons (Fsp3) is 0.364. The molecule has 19 heavy (non-hydrogen) atoms. The van der Waals surface area contributed by atoms with Gasteiger partial charge in [-0.1, -0.05) is 0 Å². The Kier molecular flexibility index (Phi) is 5.68. The van der Waals surface area contributed by atoms with Crippen LogP contribution in [-0.4, -0.2) is 24.1 Å². The van der Waals surface area contributed by atoms with Gasteiger partial charge < -0.3 is 9.47 Å². The van der Waals surface area contributed by atoms with Crippen molar-refractivity contribution in [2.75, 3.05) is 13.2 Å². The molecule has 0 amide bonds. The molecule has 0 bridgehead atoms. The van der Waals surface area contributed by atoms with Gasteiger partial charge in [0.2, 0.25) is 5.75 Å². The minimum atomic E-state index is -0.756. The second-order valence-electron chi connectivity index (χ2n) is 3.40. The lowest BCUT2D eigenvalue weighted by atomic mass is 10.3. The summed E-state index contributed by atoms with van der Waals surface area (Å²) in [5, 5.41) is 10.8. The first kappa shape index (κ1) is 15.4. The third-order valence-corrected chi connectivity index (χ3v) is 2.63. The molecule has 8 heteroatoms. The zero-order chi connectivity index (χ0) is 14.4. The summed E-state index contributed by atoms with van der Waals surface area (Å²) in [7, 11) is 0. The first-order chi connectivity index (χ1) is 8.95. The van der Waals surface area contributed by atoms with Crippen molar-refractivity contribution in [3.63, 3.8) is 0 Å². The molecule has 0 atom stereocenters. The summed E-state index contributed by atoms with van der Waals surface area (Å²) in [5.74, 6) is -1.34. The smallest absolute Gasteiger partial charge is 0.315 e. The average Bonchev–Trinajstić information content (AvgIpc) is 2.31. The summed E-state index contributed by atoms with van der Waals surface area (Å²) < 4.78 is 23.0. The van der Waals surface area contributed by atoms with Crippen molar-refractivity contribution in [3.05, 3.63) is 32.5 Å². The minimum Gasteiger partial charge on any atom is -0.485 e. The molecule has 0 unspecified atom stereocenters. The monoisotopic (exact) mass is 335 g/mol. The summed E-state index contributed by atoms with van der Waals surface area (Å²) in [6, 6.07) is 1.80. The summed E-state index contributed by atoms with van der Waals surface area (Å²) in [6.07, 6.45) is -0.0468. The maximum Gasteiger partial charge on any atom is 0.315 e. The number of ether oxygens (including phenoxy) is 2. The van der Waals surface area contributed by atoms with Crippen LogP contribution in [0.1, 0.15) is 13.3 Å². The molecular formula is C11H11BrFNO5. The maximum absolute atomic E-state index is 13.1. The number of benzene rings is 1. The fourth-order valence-corrected chi connectivity index (χ4v) is 1.83. The molecule has 0 aromatic heterocycles. The SMILES string of the molecule is CCOC(=O)CCOc1c(Br)cc(F)cc1[N+](=O)[O-]. The molecule has 0 aliphatic rings. The summed E-state index contributed by atoms with van der Waals surface area (Å²) in [6.45, 7) is 1.82. The normalized spacial score (nSPS) is 10.1. The van der Waals surface area contributed by atoms with Crippen LogP contribution in [0.3, 0.4) is 0 Å². The van der Waals surface area contributed by atoms with Gasteiger partial charge in [-0.3, -0.25) is 14.9 Å². The molecule has 6 nitrogen and oxygen atoms in total. The van der Waals surface area contributed by atoms with Gasteiger partial charge in [0.05, 0.1) is 35.1 Å². The van der Waals surface area contributed by atoms with Gasteiger partial charge in [0.25, 0.3) is 0 Å². The van der Waals surface area contributed by atoms with Crippen molar-refractivity contribution in [2.45, 2.75) is 13.3 Å². The van der Waals surface area contributed by atoms with E-state index in [1.54, 1.807) is 6.92 Å². The highest BCUT2D eigenvalue weighted by atomic mass is 79.9. The van der Waals surface area contributed by atoms with E-state index < -0.39 is 22.4 Å². The van der Waals surface area contributed by atoms with Crippen molar-refractivity contribution in [2.24, 2.45) is 0 Å². The van der Waals surface area contributed by atoms with Gasteiger partial charge in [-0.05, 0) is 28.9 Å². The Morgan fingerprint density at radius 1 is 1.53 bits per heavy atom. The molecule has 1 aromatic rings. The van der Waals surface area contributed by atoms with Gasteiger partial charge >= 0.3 is 11.7 Å². The topological polar surface area (TPSA) is 78.7 Å². The van der Waals surface area contributed by atoms with E-state index in [2.05, 4.69) is 20.7 Å². The molecular weight excluding hydrogens is 325 g/mol. The first-order valence-electron chi connectivity index (χ1n) is 5.37. The van der Waals surface area contributed by atoms with Gasteiger partial charge in [0.1, 0.15) is 5.82 Å². The highest BCUT2D eigenvalue weighted by molar-refractivity contribution is 9.10. The molecule has 104 valence electrons. The molecule has 1 rings (SSSR count). The number of nitro groups is 1. The third kappa shape index (κ3) is 4.47. The van der Waals surface area contributed by atoms with Crippen LogP contribution >= 0.6 is 15.9 Å². The van der Waals surface area contributed by atoms with Crippen molar-refractivity contribution >= 4 is 27.6 Å². The van der Waals surface area contributed by atoms with E-state index in [0.29, 0.717) is 0 Å². The fourth-order valence-electron chi connectivity index (χ4n) is 1.29. The van der Waals surface area contributed by atoms with E-state index in [1.807, 2.05) is 0 Å². The minimum absolute atomic E-state index is 0.0468. The van der Waals surface area contributed by atoms with Gasteiger partial charge in [0.15, 0.2) is 0 Å². The number of nitro benzene ring substituents is 1. The van der Waals surface area contributed by atoms with Crippen molar-refractivity contribution in [1.82, 2.24) is 0 Å². The van der Waals surface area contributed by atoms with E-state index in [9.17, 15) is 19.3 Å². The highest BCUT2D eigenvalue weighted by Crippen LogP contribution is 2.35. The number of nitrogens with zero attached hydrogens (tertiary/aromatic N) is 1. The zero-order valence-corrected chi connectivity index (χ0v) is 11.6. The number of carbonyl (C=O) groups is 1. The molecule has 0 saturated heterocycles. The van der Waals surface area contributed by atoms with E-state index in [1.165, 1.54) is 0 Å². The number of carbonyl (C=O) groups excluding carboxylic acids is 1. The van der Waals surface area contributed by atoms with E-state index in [0.717, 1.165) is 12.1 Å². The molecule has 0 aliphatic heterocycles. The molecule has 0 radical (unpaired) electrons. The van der Waals surface area contributed by atoms with Crippen LogP contribution in [0.5, 0.6) is 5.75 Å². The summed E-state index contributed by atoms with van der Waals surface area (Å²) in [5.41, 5.74) is -0.504. The van der Waals surface area contributed by atoms with Gasteiger partial charge in [0, 0.05) is 0 Å². The van der Waals surface area contributed by atoms with Crippen LogP contribution in [-0.2, 0) is 9.53 Å². The Morgan fingerprint density at radius 3 is 2.79 bits per heavy atom. The van der Waals surface area contributed by atoms with Crippen LogP contribution < -0.4 is 4.74 Å². The molecule has 0 saturated carbocycles. The predicted octanol–water partition coefficient (Wildman–Crippen LogP) is 2.83. The number of esters is 1. The number of hydrogen-bond acceptors (Lipinski definition) is 5. The zero-order valence-electron chi connectivity index (χ0n) is 10.0. The molecule has 0 aliphatic carbocycles. The second-order valence-corrected chi connectivity index (χ2v) is 4.25. The van der Waals surface area contributed by atoms with Crippen molar-refractivity contribution < 1.29 is 23.6 Å². The lowest BCUT2D eigenvalue weighted by molar-refractivity contribution is -0.386. The van der Waals surface area contributed by atoms with Gasteiger partial charge in [-0.15, -0.1) is 0 Å². The Labute approximate surface area is 116 Å². The van der Waals surface area contributed by atoms with E-state index in [4.69, 9.17) is 4.74 Å². The van der Waals surface area contributed by atoms with Gasteiger partial charge in [-0.25, -0.2) is 4.39 Å². The maximum atomic E-state index is 13.1. The van der Waals surface area contributed by atoms with Crippen molar-refractivity contribution in [1.29, 1.82) is 0 Å². The first-order valence-corrected chi connectivity index (χ1v) is 6.16. The average molecular weight is 336 g/mol. The second kappa shape index (κ2) is 7.03. The Bertz CT molecular complexity index is 494. The van der Waals surface area contributed by atoms with Gasteiger partial charge in [-0.2, -0.15) is 0 Å². The standard InChI is InChI=1S/C11H11BrFNO5/c1-2-18-10(15)3-4-19-11-8(12)5-7(13)6-9(11)14(16)17/h5-6H,2-4H2,1H3. The van der Waals surface area contributed by atoms with Crippen LogP contribution in [0, 0.1) is 15.9 Å².